The normalized spacial score (nSPS) is 12.3. The van der Waals surface area contributed by atoms with Crippen LogP contribution in [0.25, 0.3) is 0 Å². The average molecular weight is 483 g/mol. The van der Waals surface area contributed by atoms with E-state index in [-0.39, 0.29) is 28.6 Å². The molecule has 0 aromatic heterocycles. The highest BCUT2D eigenvalue weighted by molar-refractivity contribution is 7.89. The first-order valence-electron chi connectivity index (χ1n) is 10.2. The minimum atomic E-state index is -3.79. The topological polar surface area (TPSA) is 102 Å². The Morgan fingerprint density at radius 2 is 1.69 bits per heavy atom. The van der Waals surface area contributed by atoms with E-state index in [4.69, 9.17) is 21.1 Å². The van der Waals surface area contributed by atoms with E-state index in [1.54, 1.807) is 38.1 Å². The van der Waals surface area contributed by atoms with Crippen LogP contribution in [0.1, 0.15) is 38.1 Å². The van der Waals surface area contributed by atoms with Gasteiger partial charge in [-0.15, -0.1) is 0 Å². The summed E-state index contributed by atoms with van der Waals surface area (Å²) < 4.78 is 37.3. The van der Waals surface area contributed by atoms with Crippen molar-refractivity contribution < 1.29 is 27.5 Å². The maximum atomic E-state index is 12.7. The highest BCUT2D eigenvalue weighted by Gasteiger charge is 2.26. The summed E-state index contributed by atoms with van der Waals surface area (Å²) in [7, 11) is -3.79. The molecular formula is C22H27ClN2O6S. The van der Waals surface area contributed by atoms with Crippen LogP contribution in [0.5, 0.6) is 5.75 Å². The molecule has 0 bridgehead atoms. The van der Waals surface area contributed by atoms with Crippen LogP contribution in [0.15, 0.2) is 47.4 Å². The van der Waals surface area contributed by atoms with Crippen LogP contribution < -0.4 is 10.1 Å². The zero-order valence-corrected chi connectivity index (χ0v) is 20.0. The van der Waals surface area contributed by atoms with Crippen molar-refractivity contribution in [1.82, 2.24) is 4.31 Å². The monoisotopic (exact) mass is 482 g/mol. The van der Waals surface area contributed by atoms with E-state index in [1.165, 1.54) is 23.4 Å². The lowest BCUT2D eigenvalue weighted by Gasteiger charge is -2.19. The predicted octanol–water partition coefficient (Wildman–Crippen LogP) is 3.95. The number of halogens is 1. The second-order valence-electron chi connectivity index (χ2n) is 6.73. The molecule has 1 N–H and O–H groups in total. The standard InChI is InChI=1S/C22H27ClN2O6S/c1-5-25(6-2)32(28,29)18-12-13-20(23)19(14-18)22(27)31-15(4)21(26)24-16-8-10-17(11-9-16)30-7-3/h8-15H,5-7H2,1-4H3,(H,24,26). The van der Waals surface area contributed by atoms with Crippen LogP contribution in [0.4, 0.5) is 5.69 Å². The summed E-state index contributed by atoms with van der Waals surface area (Å²) in [6, 6.07) is 10.5. The third kappa shape index (κ3) is 6.21. The number of hydrogen-bond acceptors (Lipinski definition) is 6. The molecule has 2 rings (SSSR count). The summed E-state index contributed by atoms with van der Waals surface area (Å²) in [4.78, 5) is 25.0. The summed E-state index contributed by atoms with van der Waals surface area (Å²) in [6.07, 6.45) is -1.15. The molecule has 0 heterocycles. The lowest BCUT2D eigenvalue weighted by molar-refractivity contribution is -0.123. The maximum absolute atomic E-state index is 12.7. The van der Waals surface area contributed by atoms with Crippen LogP contribution in [0.2, 0.25) is 5.02 Å². The van der Waals surface area contributed by atoms with Gasteiger partial charge in [0.25, 0.3) is 5.91 Å². The highest BCUT2D eigenvalue weighted by Crippen LogP contribution is 2.24. The minimum Gasteiger partial charge on any atom is -0.494 e. The number of carbonyl (C=O) groups is 2. The second kappa shape index (κ2) is 11.3. The molecule has 8 nitrogen and oxygen atoms in total. The number of nitrogens with zero attached hydrogens (tertiary/aromatic N) is 1. The Hall–Kier alpha value is -2.62. The fourth-order valence-electron chi connectivity index (χ4n) is 2.86. The Bertz CT molecular complexity index is 1050. The Morgan fingerprint density at radius 3 is 2.25 bits per heavy atom. The van der Waals surface area contributed by atoms with E-state index in [1.807, 2.05) is 6.92 Å². The fourth-order valence-corrected chi connectivity index (χ4v) is 4.54. The number of amides is 1. The molecule has 1 unspecified atom stereocenters. The first kappa shape index (κ1) is 25.6. The lowest BCUT2D eigenvalue weighted by atomic mass is 10.2. The van der Waals surface area contributed by atoms with Crippen LogP contribution in [0.3, 0.4) is 0 Å². The Morgan fingerprint density at radius 1 is 1.06 bits per heavy atom. The summed E-state index contributed by atoms with van der Waals surface area (Å²) in [6.45, 7) is 7.80. The van der Waals surface area contributed by atoms with Gasteiger partial charge in [0.2, 0.25) is 10.0 Å². The summed E-state index contributed by atoms with van der Waals surface area (Å²) in [5, 5.41) is 2.66. The zero-order chi connectivity index (χ0) is 23.9. The van der Waals surface area contributed by atoms with Crippen LogP contribution in [-0.4, -0.2) is 50.4 Å². The number of rotatable bonds is 10. The van der Waals surface area contributed by atoms with Crippen LogP contribution in [0, 0.1) is 0 Å². The molecule has 0 aliphatic rings. The number of nitrogens with one attached hydrogen (secondary N) is 1. The van der Waals surface area contributed by atoms with E-state index in [2.05, 4.69) is 5.32 Å². The molecule has 10 heteroatoms. The SMILES string of the molecule is CCOc1ccc(NC(=O)C(C)OC(=O)c2cc(S(=O)(=O)N(CC)CC)ccc2Cl)cc1. The van der Waals surface area contributed by atoms with Crippen molar-refractivity contribution in [3.05, 3.63) is 53.1 Å². The van der Waals surface area contributed by atoms with E-state index >= 15 is 0 Å². The molecule has 0 saturated carbocycles. The molecule has 0 aliphatic carbocycles. The maximum Gasteiger partial charge on any atom is 0.340 e. The zero-order valence-electron chi connectivity index (χ0n) is 18.4. The molecule has 174 valence electrons. The first-order chi connectivity index (χ1) is 15.1. The fraction of sp³-hybridized carbons (Fsp3) is 0.364. The number of ether oxygens (including phenoxy) is 2. The third-order valence-corrected chi connectivity index (χ3v) is 6.96. The predicted molar refractivity (Wildman–Crippen MR) is 123 cm³/mol. The van der Waals surface area contributed by atoms with Crippen molar-refractivity contribution in [2.75, 3.05) is 25.0 Å². The molecule has 1 atom stereocenters. The van der Waals surface area contributed by atoms with Crippen molar-refractivity contribution >= 4 is 39.2 Å². The number of benzene rings is 2. The highest BCUT2D eigenvalue weighted by atomic mass is 35.5. The van der Waals surface area contributed by atoms with Crippen LogP contribution in [-0.2, 0) is 19.6 Å². The summed E-state index contributed by atoms with van der Waals surface area (Å²) in [5.74, 6) is -0.786. The van der Waals surface area contributed by atoms with Gasteiger partial charge in [-0.3, -0.25) is 4.79 Å². The molecule has 0 radical (unpaired) electrons. The molecule has 2 aromatic rings. The van der Waals surface area contributed by atoms with E-state index in [0.717, 1.165) is 6.07 Å². The third-order valence-electron chi connectivity index (χ3n) is 4.59. The van der Waals surface area contributed by atoms with Crippen molar-refractivity contribution in [1.29, 1.82) is 0 Å². The average Bonchev–Trinajstić information content (AvgIpc) is 2.76. The van der Waals surface area contributed by atoms with Gasteiger partial charge in [0.1, 0.15) is 5.75 Å². The second-order valence-corrected chi connectivity index (χ2v) is 9.07. The number of hydrogen-bond donors (Lipinski definition) is 1. The van der Waals surface area contributed by atoms with Crippen molar-refractivity contribution in [3.63, 3.8) is 0 Å². The first-order valence-corrected chi connectivity index (χ1v) is 12.0. The Balaban J connectivity index is 2.13. The Kier molecular flexibility index (Phi) is 9.06. The van der Waals surface area contributed by atoms with Gasteiger partial charge in [0.15, 0.2) is 6.10 Å². The molecular weight excluding hydrogens is 456 g/mol. The lowest BCUT2D eigenvalue weighted by Crippen LogP contribution is -2.31. The molecule has 1 amide bonds. The van der Waals surface area contributed by atoms with Crippen LogP contribution >= 0.6 is 11.6 Å². The van der Waals surface area contributed by atoms with Gasteiger partial charge < -0.3 is 14.8 Å². The van der Waals surface area contributed by atoms with E-state index in [0.29, 0.717) is 18.0 Å². The van der Waals surface area contributed by atoms with Gasteiger partial charge in [-0.25, -0.2) is 13.2 Å². The van der Waals surface area contributed by atoms with Gasteiger partial charge in [-0.1, -0.05) is 25.4 Å². The quantitative estimate of drug-likeness (QED) is 0.514. The number of sulfonamides is 1. The minimum absolute atomic E-state index is 0.0209. The van der Waals surface area contributed by atoms with Crippen molar-refractivity contribution in [2.45, 2.75) is 38.7 Å². The summed E-state index contributed by atoms with van der Waals surface area (Å²) in [5.41, 5.74) is 0.368. The molecule has 0 spiro atoms. The van der Waals surface area contributed by atoms with Gasteiger partial charge in [-0.2, -0.15) is 4.31 Å². The molecule has 0 saturated heterocycles. The van der Waals surface area contributed by atoms with Crippen molar-refractivity contribution in [3.8, 4) is 5.75 Å². The van der Waals surface area contributed by atoms with Gasteiger partial charge in [0.05, 0.1) is 22.1 Å². The number of esters is 1. The molecule has 32 heavy (non-hydrogen) atoms. The van der Waals surface area contributed by atoms with Gasteiger partial charge in [-0.05, 0) is 56.3 Å². The molecule has 0 fully saturated rings. The van der Waals surface area contributed by atoms with Crippen molar-refractivity contribution in [2.24, 2.45) is 0 Å². The smallest absolute Gasteiger partial charge is 0.340 e. The number of anilines is 1. The summed E-state index contributed by atoms with van der Waals surface area (Å²) >= 11 is 6.10. The van der Waals surface area contributed by atoms with Gasteiger partial charge >= 0.3 is 5.97 Å². The molecule has 2 aromatic carbocycles. The molecule has 0 aliphatic heterocycles. The van der Waals surface area contributed by atoms with E-state index in [9.17, 15) is 18.0 Å². The largest absolute Gasteiger partial charge is 0.494 e. The number of carbonyl (C=O) groups excluding carboxylic acids is 2. The van der Waals surface area contributed by atoms with Gasteiger partial charge in [0, 0.05) is 18.8 Å². The van der Waals surface area contributed by atoms with E-state index < -0.39 is 28.0 Å². The Labute approximate surface area is 193 Å².